The number of anilines is 1. The number of amides is 2. The number of urea groups is 1. The third kappa shape index (κ3) is 3.28. The number of halogens is 4. The highest BCUT2D eigenvalue weighted by Gasteiger charge is 2.31. The van der Waals surface area contributed by atoms with Crippen LogP contribution in [0.3, 0.4) is 0 Å². The fourth-order valence-electron chi connectivity index (χ4n) is 0.993. The average Bonchev–Trinajstić information content (AvgIpc) is 2.15. The minimum Gasteiger partial charge on any atom is -0.307 e. The maximum atomic E-state index is 12.4. The molecule has 88 valence electrons. The van der Waals surface area contributed by atoms with E-state index in [4.69, 9.17) is 17.4 Å². The van der Waals surface area contributed by atoms with E-state index >= 15 is 0 Å². The maximum Gasteiger partial charge on any atom is 0.416 e. The van der Waals surface area contributed by atoms with Gasteiger partial charge in [-0.25, -0.2) is 10.6 Å². The second-order valence-electron chi connectivity index (χ2n) is 2.82. The van der Waals surface area contributed by atoms with Gasteiger partial charge < -0.3 is 5.32 Å². The summed E-state index contributed by atoms with van der Waals surface area (Å²) in [6.45, 7) is 0. The quantitative estimate of drug-likeness (QED) is 0.409. The number of nitrogens with two attached hydrogens (primary N) is 1. The van der Waals surface area contributed by atoms with Crippen molar-refractivity contribution in [1.82, 2.24) is 5.43 Å². The number of alkyl halides is 3. The van der Waals surface area contributed by atoms with Crippen LogP contribution >= 0.6 is 11.6 Å². The van der Waals surface area contributed by atoms with Crippen molar-refractivity contribution in [2.24, 2.45) is 5.84 Å². The molecule has 8 heteroatoms. The molecule has 0 fully saturated rings. The summed E-state index contributed by atoms with van der Waals surface area (Å²) < 4.78 is 37.1. The van der Waals surface area contributed by atoms with Crippen LogP contribution in [-0.2, 0) is 6.18 Å². The molecule has 0 aromatic heterocycles. The van der Waals surface area contributed by atoms with E-state index < -0.39 is 17.8 Å². The second-order valence-corrected chi connectivity index (χ2v) is 3.26. The van der Waals surface area contributed by atoms with Crippen LogP contribution in [0.5, 0.6) is 0 Å². The lowest BCUT2D eigenvalue weighted by molar-refractivity contribution is -0.137. The molecule has 4 nitrogen and oxygen atoms in total. The van der Waals surface area contributed by atoms with Crippen molar-refractivity contribution in [1.29, 1.82) is 0 Å². The number of hydrogen-bond donors (Lipinski definition) is 3. The van der Waals surface area contributed by atoms with Gasteiger partial charge in [0, 0.05) is 10.7 Å². The van der Waals surface area contributed by atoms with Crippen LogP contribution in [0.15, 0.2) is 18.2 Å². The number of hydrazine groups is 1. The Balaban J connectivity index is 3.04. The Hall–Kier alpha value is -1.47. The summed E-state index contributed by atoms with van der Waals surface area (Å²) in [5, 5.41) is 1.95. The summed E-state index contributed by atoms with van der Waals surface area (Å²) in [5.74, 6) is 4.76. The Kier molecular flexibility index (Phi) is 3.61. The molecule has 0 saturated heterocycles. The Labute approximate surface area is 93.5 Å². The number of hydrogen-bond acceptors (Lipinski definition) is 2. The molecule has 0 radical (unpaired) electrons. The van der Waals surface area contributed by atoms with E-state index in [2.05, 4.69) is 5.32 Å². The van der Waals surface area contributed by atoms with Crippen molar-refractivity contribution in [3.63, 3.8) is 0 Å². The first-order valence-corrected chi connectivity index (χ1v) is 4.36. The Morgan fingerprint density at radius 2 is 1.94 bits per heavy atom. The minimum absolute atomic E-state index is 0.0947. The molecular weight excluding hydrogens is 247 g/mol. The van der Waals surface area contributed by atoms with E-state index in [0.29, 0.717) is 0 Å². The van der Waals surface area contributed by atoms with Crippen molar-refractivity contribution in [2.45, 2.75) is 6.18 Å². The molecule has 0 aliphatic heterocycles. The standard InChI is InChI=1S/C8H7ClF3N3O/c9-5-1-4(8(10,11)12)2-6(3-5)14-7(16)15-13/h1-3H,13H2,(H2,14,15,16). The first-order valence-electron chi connectivity index (χ1n) is 3.98. The molecule has 16 heavy (non-hydrogen) atoms. The summed E-state index contributed by atoms with van der Waals surface area (Å²) in [6.07, 6.45) is -4.53. The summed E-state index contributed by atoms with van der Waals surface area (Å²) in [4.78, 5) is 10.8. The molecule has 4 N–H and O–H groups in total. The van der Waals surface area contributed by atoms with Crippen molar-refractivity contribution < 1.29 is 18.0 Å². The smallest absolute Gasteiger partial charge is 0.307 e. The zero-order valence-corrected chi connectivity index (χ0v) is 8.49. The number of carbonyl (C=O) groups excluding carboxylic acids is 1. The maximum absolute atomic E-state index is 12.4. The third-order valence-electron chi connectivity index (χ3n) is 1.61. The molecule has 1 rings (SSSR count). The van der Waals surface area contributed by atoms with E-state index in [1.807, 2.05) is 0 Å². The van der Waals surface area contributed by atoms with E-state index in [0.717, 1.165) is 12.1 Å². The molecule has 0 atom stereocenters. The topological polar surface area (TPSA) is 67.1 Å². The fraction of sp³-hybridized carbons (Fsp3) is 0.125. The van der Waals surface area contributed by atoms with E-state index in [1.165, 1.54) is 6.07 Å². The number of carbonyl (C=O) groups is 1. The van der Waals surface area contributed by atoms with Crippen LogP contribution in [0.25, 0.3) is 0 Å². The molecule has 1 aromatic carbocycles. The minimum atomic E-state index is -4.53. The second kappa shape index (κ2) is 4.58. The van der Waals surface area contributed by atoms with Crippen molar-refractivity contribution in [3.05, 3.63) is 28.8 Å². The summed E-state index contributed by atoms with van der Waals surface area (Å²) in [7, 11) is 0. The highest BCUT2D eigenvalue weighted by Crippen LogP contribution is 2.33. The van der Waals surface area contributed by atoms with Crippen LogP contribution in [-0.4, -0.2) is 6.03 Å². The molecule has 2 amide bonds. The Bertz CT molecular complexity index is 408. The van der Waals surface area contributed by atoms with Crippen LogP contribution in [0.2, 0.25) is 5.02 Å². The van der Waals surface area contributed by atoms with Gasteiger partial charge in [0.05, 0.1) is 5.56 Å². The van der Waals surface area contributed by atoms with Crippen LogP contribution < -0.4 is 16.6 Å². The molecule has 0 aliphatic rings. The molecule has 0 saturated carbocycles. The Morgan fingerprint density at radius 3 is 2.44 bits per heavy atom. The zero-order chi connectivity index (χ0) is 12.3. The van der Waals surface area contributed by atoms with Gasteiger partial charge in [0.2, 0.25) is 0 Å². The summed E-state index contributed by atoms with van der Waals surface area (Å²) in [5.41, 5.74) is 0.671. The predicted octanol–water partition coefficient (Wildman–Crippen LogP) is 2.35. The fourth-order valence-corrected chi connectivity index (χ4v) is 1.23. The molecule has 0 bridgehead atoms. The monoisotopic (exact) mass is 253 g/mol. The van der Waals surface area contributed by atoms with Crippen molar-refractivity contribution in [3.8, 4) is 0 Å². The molecule has 0 heterocycles. The van der Waals surface area contributed by atoms with Crippen molar-refractivity contribution in [2.75, 3.05) is 5.32 Å². The average molecular weight is 254 g/mol. The van der Waals surface area contributed by atoms with Gasteiger partial charge in [0.1, 0.15) is 0 Å². The molecule has 1 aromatic rings. The van der Waals surface area contributed by atoms with Gasteiger partial charge in [-0.3, -0.25) is 5.43 Å². The van der Waals surface area contributed by atoms with Gasteiger partial charge >= 0.3 is 12.2 Å². The van der Waals surface area contributed by atoms with Gasteiger partial charge in [-0.15, -0.1) is 0 Å². The molecule has 0 spiro atoms. The normalized spacial score (nSPS) is 11.1. The number of nitrogens with one attached hydrogen (secondary N) is 2. The molecule has 0 aliphatic carbocycles. The van der Waals surface area contributed by atoms with Gasteiger partial charge in [-0.2, -0.15) is 13.2 Å². The third-order valence-corrected chi connectivity index (χ3v) is 1.83. The van der Waals surface area contributed by atoms with E-state index in [9.17, 15) is 18.0 Å². The summed E-state index contributed by atoms with van der Waals surface area (Å²) >= 11 is 5.48. The van der Waals surface area contributed by atoms with Crippen molar-refractivity contribution >= 4 is 23.3 Å². The van der Waals surface area contributed by atoms with Crippen LogP contribution in [0.1, 0.15) is 5.56 Å². The van der Waals surface area contributed by atoms with E-state index in [-0.39, 0.29) is 10.7 Å². The predicted molar refractivity (Wildman–Crippen MR) is 52.8 cm³/mol. The SMILES string of the molecule is NNC(=O)Nc1cc(Cl)cc(C(F)(F)F)c1. The van der Waals surface area contributed by atoms with E-state index in [1.54, 1.807) is 5.43 Å². The largest absolute Gasteiger partial charge is 0.416 e. The molecular formula is C8H7ClF3N3O. The number of benzene rings is 1. The highest BCUT2D eigenvalue weighted by molar-refractivity contribution is 6.31. The zero-order valence-electron chi connectivity index (χ0n) is 7.73. The van der Waals surface area contributed by atoms with Gasteiger partial charge in [-0.1, -0.05) is 11.6 Å². The van der Waals surface area contributed by atoms with Gasteiger partial charge in [0.25, 0.3) is 0 Å². The number of rotatable bonds is 1. The van der Waals surface area contributed by atoms with Crippen LogP contribution in [0, 0.1) is 0 Å². The Morgan fingerprint density at radius 1 is 1.31 bits per heavy atom. The molecule has 0 unspecified atom stereocenters. The summed E-state index contributed by atoms with van der Waals surface area (Å²) in [6, 6.07) is 1.84. The lowest BCUT2D eigenvalue weighted by Crippen LogP contribution is -2.34. The van der Waals surface area contributed by atoms with Crippen LogP contribution in [0.4, 0.5) is 23.7 Å². The first kappa shape index (κ1) is 12.6. The first-order chi connectivity index (χ1) is 7.32. The van der Waals surface area contributed by atoms with Gasteiger partial charge in [0.15, 0.2) is 0 Å². The lowest BCUT2D eigenvalue weighted by atomic mass is 10.2. The van der Waals surface area contributed by atoms with Gasteiger partial charge in [-0.05, 0) is 18.2 Å². The lowest BCUT2D eigenvalue weighted by Gasteiger charge is -2.10. The highest BCUT2D eigenvalue weighted by atomic mass is 35.5.